The van der Waals surface area contributed by atoms with Crippen LogP contribution in [0.15, 0.2) is 18.3 Å². The Morgan fingerprint density at radius 2 is 2.30 bits per heavy atom. The van der Waals surface area contributed by atoms with Gasteiger partial charge in [-0.15, -0.1) is 0 Å². The second-order valence-electron chi connectivity index (χ2n) is 5.11. The van der Waals surface area contributed by atoms with Crippen molar-refractivity contribution in [2.75, 3.05) is 18.0 Å². The van der Waals surface area contributed by atoms with Gasteiger partial charge in [0, 0.05) is 31.6 Å². The molecule has 106 valence electrons. The van der Waals surface area contributed by atoms with Crippen LogP contribution in [0.5, 0.6) is 0 Å². The van der Waals surface area contributed by atoms with E-state index in [-0.39, 0.29) is 12.2 Å². The van der Waals surface area contributed by atoms with E-state index in [0.717, 1.165) is 5.39 Å². The highest BCUT2D eigenvalue weighted by Gasteiger charge is 2.26. The minimum absolute atomic E-state index is 0.00944. The highest BCUT2D eigenvalue weighted by atomic mass is 19.1. The number of nitrogens with zero attached hydrogens (tertiary/aromatic N) is 4. The normalized spacial score (nSPS) is 19.5. The van der Waals surface area contributed by atoms with Gasteiger partial charge < -0.3 is 4.90 Å². The number of rotatable bonds is 2. The summed E-state index contributed by atoms with van der Waals surface area (Å²) in [6.45, 7) is 0.861. The van der Waals surface area contributed by atoms with Crippen LogP contribution >= 0.6 is 0 Å². The number of nitro benzene ring substituents is 1. The maximum absolute atomic E-state index is 13.5. The minimum Gasteiger partial charge on any atom is -0.363 e. The molecule has 1 aromatic heterocycles. The van der Waals surface area contributed by atoms with Gasteiger partial charge in [-0.2, -0.15) is 5.10 Å². The summed E-state index contributed by atoms with van der Waals surface area (Å²) in [6.07, 6.45) is 1.98. The van der Waals surface area contributed by atoms with Crippen molar-refractivity contribution in [2.24, 2.45) is 7.05 Å². The molecule has 0 amide bonds. The summed E-state index contributed by atoms with van der Waals surface area (Å²) < 4.78 is 15.1. The lowest BCUT2D eigenvalue weighted by molar-refractivity contribution is -0.384. The van der Waals surface area contributed by atoms with Crippen LogP contribution in [0.25, 0.3) is 10.9 Å². The average molecular weight is 278 g/mol. The van der Waals surface area contributed by atoms with Gasteiger partial charge in [-0.1, -0.05) is 0 Å². The summed E-state index contributed by atoms with van der Waals surface area (Å²) in [6, 6.07) is 3.25. The number of halogens is 1. The summed E-state index contributed by atoms with van der Waals surface area (Å²) in [5.74, 6) is 0. The number of piperidine rings is 1. The zero-order valence-corrected chi connectivity index (χ0v) is 11.1. The molecular weight excluding hydrogens is 263 g/mol. The van der Waals surface area contributed by atoms with E-state index in [1.54, 1.807) is 28.9 Å². The van der Waals surface area contributed by atoms with Crippen LogP contribution in [0, 0.1) is 10.1 Å². The molecule has 2 aromatic rings. The summed E-state index contributed by atoms with van der Waals surface area (Å²) >= 11 is 0. The van der Waals surface area contributed by atoms with E-state index in [2.05, 4.69) is 5.10 Å². The molecule has 1 saturated heterocycles. The van der Waals surface area contributed by atoms with E-state index in [9.17, 15) is 14.5 Å². The summed E-state index contributed by atoms with van der Waals surface area (Å²) in [5.41, 5.74) is 1.20. The summed E-state index contributed by atoms with van der Waals surface area (Å²) in [5, 5.41) is 16.2. The molecule has 0 spiro atoms. The Labute approximate surface area is 114 Å². The average Bonchev–Trinajstić information content (AvgIpc) is 2.78. The second kappa shape index (κ2) is 4.73. The fraction of sp³-hybridized carbons (Fsp3) is 0.462. The molecular formula is C13H15FN4O2. The Balaban J connectivity index is 2.12. The first-order valence-electron chi connectivity index (χ1n) is 6.55. The van der Waals surface area contributed by atoms with E-state index in [4.69, 9.17) is 0 Å². The molecule has 0 radical (unpaired) electrons. The number of hydrogen-bond donors (Lipinski definition) is 0. The molecule has 3 rings (SSSR count). The van der Waals surface area contributed by atoms with Gasteiger partial charge in [0.1, 0.15) is 11.9 Å². The van der Waals surface area contributed by atoms with Gasteiger partial charge in [0.25, 0.3) is 5.69 Å². The lowest BCUT2D eigenvalue weighted by atomic mass is 10.1. The molecule has 6 nitrogen and oxygen atoms in total. The van der Waals surface area contributed by atoms with Crippen LogP contribution in [-0.4, -0.2) is 34.0 Å². The number of fused-ring (bicyclic) bond motifs is 1. The smallest absolute Gasteiger partial charge is 0.294 e. The predicted octanol–water partition coefficient (Wildman–Crippen LogP) is 2.42. The Hall–Kier alpha value is -2.18. The molecule has 0 saturated carbocycles. The zero-order valence-electron chi connectivity index (χ0n) is 11.1. The first kappa shape index (κ1) is 12.8. The van der Waals surface area contributed by atoms with Crippen molar-refractivity contribution in [3.63, 3.8) is 0 Å². The van der Waals surface area contributed by atoms with Crippen LogP contribution in [-0.2, 0) is 7.05 Å². The van der Waals surface area contributed by atoms with Gasteiger partial charge in [-0.3, -0.25) is 14.8 Å². The van der Waals surface area contributed by atoms with Crippen LogP contribution in [0.2, 0.25) is 0 Å². The second-order valence-corrected chi connectivity index (χ2v) is 5.11. The lowest BCUT2D eigenvalue weighted by Crippen LogP contribution is -2.36. The quantitative estimate of drug-likeness (QED) is 0.625. The zero-order chi connectivity index (χ0) is 14.3. The van der Waals surface area contributed by atoms with Crippen LogP contribution in [0.1, 0.15) is 12.8 Å². The Morgan fingerprint density at radius 1 is 1.50 bits per heavy atom. The molecule has 1 atom stereocenters. The largest absolute Gasteiger partial charge is 0.363 e. The maximum Gasteiger partial charge on any atom is 0.294 e. The van der Waals surface area contributed by atoms with Crippen molar-refractivity contribution in [2.45, 2.75) is 19.0 Å². The lowest BCUT2D eigenvalue weighted by Gasteiger charge is -2.30. The third kappa shape index (κ3) is 2.09. The third-order valence-corrected chi connectivity index (χ3v) is 3.74. The van der Waals surface area contributed by atoms with Gasteiger partial charge in [0.2, 0.25) is 0 Å². The van der Waals surface area contributed by atoms with Crippen molar-refractivity contribution >= 4 is 22.3 Å². The molecule has 1 aliphatic heterocycles. The molecule has 0 N–H and O–H groups in total. The molecule has 1 fully saturated rings. The van der Waals surface area contributed by atoms with Crippen molar-refractivity contribution in [3.8, 4) is 0 Å². The standard InChI is InChI=1S/C13H15FN4O2/c1-16-11-6-13(18(19)20)12(5-9(11)7-15-16)17-4-2-3-10(14)8-17/h5-7,10H,2-4,8H2,1H3. The number of benzene rings is 1. The van der Waals surface area contributed by atoms with Gasteiger partial charge >= 0.3 is 0 Å². The molecule has 0 bridgehead atoms. The number of anilines is 1. The maximum atomic E-state index is 13.5. The van der Waals surface area contributed by atoms with Gasteiger partial charge in [-0.05, 0) is 18.9 Å². The molecule has 0 aliphatic carbocycles. The monoisotopic (exact) mass is 278 g/mol. The topological polar surface area (TPSA) is 64.2 Å². The molecule has 20 heavy (non-hydrogen) atoms. The Kier molecular flexibility index (Phi) is 3.04. The van der Waals surface area contributed by atoms with Crippen LogP contribution in [0.4, 0.5) is 15.8 Å². The molecule has 7 heteroatoms. The van der Waals surface area contributed by atoms with E-state index in [1.165, 1.54) is 6.07 Å². The summed E-state index contributed by atoms with van der Waals surface area (Å²) in [7, 11) is 1.74. The van der Waals surface area contributed by atoms with Gasteiger partial charge in [0.15, 0.2) is 0 Å². The van der Waals surface area contributed by atoms with E-state index >= 15 is 0 Å². The highest BCUT2D eigenvalue weighted by molar-refractivity contribution is 5.88. The van der Waals surface area contributed by atoms with Crippen molar-refractivity contribution in [3.05, 3.63) is 28.4 Å². The fourth-order valence-corrected chi connectivity index (χ4v) is 2.72. The van der Waals surface area contributed by atoms with E-state index in [0.29, 0.717) is 30.6 Å². The third-order valence-electron chi connectivity index (χ3n) is 3.74. The van der Waals surface area contributed by atoms with Crippen molar-refractivity contribution in [1.82, 2.24) is 9.78 Å². The molecule has 1 unspecified atom stereocenters. The SMILES string of the molecule is Cn1ncc2cc(N3CCCC(F)C3)c([N+](=O)[O-])cc21. The number of nitro groups is 1. The highest BCUT2D eigenvalue weighted by Crippen LogP contribution is 2.34. The number of aromatic nitrogens is 2. The minimum atomic E-state index is -0.923. The van der Waals surface area contributed by atoms with Gasteiger partial charge in [0.05, 0.1) is 16.6 Å². The predicted molar refractivity (Wildman–Crippen MR) is 73.7 cm³/mol. The number of alkyl halides is 1. The van der Waals surface area contributed by atoms with Crippen LogP contribution < -0.4 is 4.90 Å². The number of hydrogen-bond acceptors (Lipinski definition) is 4. The van der Waals surface area contributed by atoms with Crippen molar-refractivity contribution < 1.29 is 9.31 Å². The Bertz CT molecular complexity index is 670. The summed E-state index contributed by atoms with van der Waals surface area (Å²) in [4.78, 5) is 12.6. The van der Waals surface area contributed by atoms with E-state index < -0.39 is 11.1 Å². The van der Waals surface area contributed by atoms with E-state index in [1.807, 2.05) is 0 Å². The first-order chi connectivity index (χ1) is 9.56. The molecule has 1 aromatic carbocycles. The van der Waals surface area contributed by atoms with Gasteiger partial charge in [-0.25, -0.2) is 4.39 Å². The Morgan fingerprint density at radius 3 is 3.00 bits per heavy atom. The fourth-order valence-electron chi connectivity index (χ4n) is 2.72. The molecule has 2 heterocycles. The first-order valence-corrected chi connectivity index (χ1v) is 6.55. The molecule has 1 aliphatic rings. The van der Waals surface area contributed by atoms with Crippen molar-refractivity contribution in [1.29, 1.82) is 0 Å². The number of aryl methyl sites for hydroxylation is 1. The van der Waals surface area contributed by atoms with Crippen LogP contribution in [0.3, 0.4) is 0 Å².